The minimum atomic E-state index is -0.298. The van der Waals surface area contributed by atoms with Crippen molar-refractivity contribution in [2.75, 3.05) is 0 Å². The molecular weight excluding hydrogens is 224 g/mol. The number of aliphatic hydroxyl groups excluding tert-OH is 1. The molecule has 0 aromatic heterocycles. The van der Waals surface area contributed by atoms with Gasteiger partial charge in [0, 0.05) is 6.42 Å². The number of ether oxygens (including phenoxy) is 1. The molecular formula is C16H34O2. The summed E-state index contributed by atoms with van der Waals surface area (Å²) in [4.78, 5) is 0. The quantitative estimate of drug-likeness (QED) is 0.608. The lowest BCUT2D eigenvalue weighted by Crippen LogP contribution is -2.39. The lowest BCUT2D eigenvalue weighted by molar-refractivity contribution is -0.141. The first-order valence-electron chi connectivity index (χ1n) is 7.57. The smallest absolute Gasteiger partial charge is 0.0686 e. The molecule has 0 saturated carbocycles. The Kier molecular flexibility index (Phi) is 8.13. The first kappa shape index (κ1) is 17.9. The van der Waals surface area contributed by atoms with Gasteiger partial charge in [0.05, 0.1) is 17.3 Å². The predicted octanol–water partition coefficient (Wildman–Crippen LogP) is 4.69. The summed E-state index contributed by atoms with van der Waals surface area (Å²) >= 11 is 0. The van der Waals surface area contributed by atoms with Crippen LogP contribution in [0.25, 0.3) is 0 Å². The van der Waals surface area contributed by atoms with E-state index < -0.39 is 0 Å². The number of aliphatic hydroxyl groups is 1. The van der Waals surface area contributed by atoms with Crippen molar-refractivity contribution in [2.24, 2.45) is 0 Å². The second-order valence-corrected chi connectivity index (χ2v) is 6.88. The molecule has 0 rings (SSSR count). The van der Waals surface area contributed by atoms with E-state index in [0.29, 0.717) is 0 Å². The minimum absolute atomic E-state index is 0.146. The fourth-order valence-corrected chi connectivity index (χ4v) is 2.66. The van der Waals surface area contributed by atoms with Crippen molar-refractivity contribution in [3.05, 3.63) is 0 Å². The molecule has 0 fully saturated rings. The first-order chi connectivity index (χ1) is 8.18. The van der Waals surface area contributed by atoms with Crippen molar-refractivity contribution in [1.82, 2.24) is 0 Å². The van der Waals surface area contributed by atoms with Gasteiger partial charge in [-0.25, -0.2) is 0 Å². The highest BCUT2D eigenvalue weighted by atomic mass is 16.5. The number of unbranched alkanes of at least 4 members (excludes halogenated alkanes) is 4. The second-order valence-electron chi connectivity index (χ2n) is 6.88. The molecule has 0 bridgehead atoms. The minimum Gasteiger partial charge on any atom is -0.393 e. The average Bonchev–Trinajstić information content (AvgIpc) is 2.12. The van der Waals surface area contributed by atoms with Crippen LogP contribution in [0.4, 0.5) is 0 Å². The monoisotopic (exact) mass is 258 g/mol. The summed E-state index contributed by atoms with van der Waals surface area (Å²) in [5, 5.41) is 9.65. The summed E-state index contributed by atoms with van der Waals surface area (Å²) in [6.45, 7) is 12.5. The predicted molar refractivity (Wildman–Crippen MR) is 78.9 cm³/mol. The van der Waals surface area contributed by atoms with Crippen LogP contribution in [0.15, 0.2) is 0 Å². The van der Waals surface area contributed by atoms with Gasteiger partial charge >= 0.3 is 0 Å². The molecule has 0 spiro atoms. The SMILES string of the molecule is CCCCCCCC(C)(CC(C)O)OC(C)(C)C. The molecule has 0 amide bonds. The van der Waals surface area contributed by atoms with Crippen molar-refractivity contribution < 1.29 is 9.84 Å². The number of hydrogen-bond donors (Lipinski definition) is 1. The molecule has 0 saturated heterocycles. The molecule has 0 aliphatic rings. The Morgan fingerprint density at radius 3 is 2.00 bits per heavy atom. The summed E-state index contributed by atoms with van der Waals surface area (Å²) in [5.74, 6) is 0. The van der Waals surface area contributed by atoms with Gasteiger partial charge in [0.1, 0.15) is 0 Å². The molecule has 0 aromatic carbocycles. The van der Waals surface area contributed by atoms with Crippen LogP contribution < -0.4 is 0 Å². The Hall–Kier alpha value is -0.0800. The van der Waals surface area contributed by atoms with Crippen molar-refractivity contribution in [3.63, 3.8) is 0 Å². The highest BCUT2D eigenvalue weighted by Crippen LogP contribution is 2.30. The Balaban J connectivity index is 4.21. The molecule has 0 aliphatic heterocycles. The molecule has 2 atom stereocenters. The Bertz CT molecular complexity index is 206. The Morgan fingerprint density at radius 1 is 1.00 bits per heavy atom. The second kappa shape index (κ2) is 8.16. The maximum Gasteiger partial charge on any atom is 0.0686 e. The van der Waals surface area contributed by atoms with Crippen LogP contribution >= 0.6 is 0 Å². The van der Waals surface area contributed by atoms with Crippen LogP contribution in [0.3, 0.4) is 0 Å². The molecule has 0 aromatic rings. The number of hydrogen-bond acceptors (Lipinski definition) is 2. The van der Waals surface area contributed by atoms with Gasteiger partial charge in [0.2, 0.25) is 0 Å². The highest BCUT2D eigenvalue weighted by molar-refractivity contribution is 4.81. The average molecular weight is 258 g/mol. The summed E-state index contributed by atoms with van der Waals surface area (Å²) in [7, 11) is 0. The van der Waals surface area contributed by atoms with E-state index in [-0.39, 0.29) is 17.3 Å². The van der Waals surface area contributed by atoms with Gasteiger partial charge in [0.15, 0.2) is 0 Å². The van der Waals surface area contributed by atoms with Gasteiger partial charge in [-0.15, -0.1) is 0 Å². The van der Waals surface area contributed by atoms with Crippen LogP contribution in [0.2, 0.25) is 0 Å². The lowest BCUT2D eigenvalue weighted by Gasteiger charge is -2.38. The third-order valence-electron chi connectivity index (χ3n) is 3.09. The molecule has 110 valence electrons. The largest absolute Gasteiger partial charge is 0.393 e. The summed E-state index contributed by atoms with van der Waals surface area (Å²) in [5.41, 5.74) is -0.342. The van der Waals surface area contributed by atoms with Gasteiger partial charge in [-0.05, 0) is 41.0 Å². The molecule has 0 aliphatic carbocycles. The van der Waals surface area contributed by atoms with E-state index in [0.717, 1.165) is 12.8 Å². The van der Waals surface area contributed by atoms with Crippen molar-refractivity contribution in [3.8, 4) is 0 Å². The topological polar surface area (TPSA) is 29.5 Å². The molecule has 0 radical (unpaired) electrons. The van der Waals surface area contributed by atoms with Crippen LogP contribution in [-0.2, 0) is 4.74 Å². The molecule has 1 N–H and O–H groups in total. The van der Waals surface area contributed by atoms with E-state index in [1.54, 1.807) is 0 Å². The van der Waals surface area contributed by atoms with E-state index in [1.165, 1.54) is 32.1 Å². The normalized spacial score (nSPS) is 17.5. The molecule has 2 unspecified atom stereocenters. The van der Waals surface area contributed by atoms with Crippen molar-refractivity contribution >= 4 is 0 Å². The summed E-state index contributed by atoms with van der Waals surface area (Å²) in [6, 6.07) is 0. The first-order valence-corrected chi connectivity index (χ1v) is 7.57. The fourth-order valence-electron chi connectivity index (χ4n) is 2.66. The van der Waals surface area contributed by atoms with Gasteiger partial charge in [-0.3, -0.25) is 0 Å². The van der Waals surface area contributed by atoms with E-state index >= 15 is 0 Å². The summed E-state index contributed by atoms with van der Waals surface area (Å²) < 4.78 is 6.18. The maximum atomic E-state index is 9.65. The Labute approximate surface area is 114 Å². The standard InChI is InChI=1S/C16H34O2/c1-7-8-9-10-11-12-16(6,13-14(2)17)18-15(3,4)5/h14,17H,7-13H2,1-6H3. The van der Waals surface area contributed by atoms with Crippen LogP contribution in [0, 0.1) is 0 Å². The highest BCUT2D eigenvalue weighted by Gasteiger charge is 2.31. The third-order valence-corrected chi connectivity index (χ3v) is 3.09. The van der Waals surface area contributed by atoms with Gasteiger partial charge in [0.25, 0.3) is 0 Å². The van der Waals surface area contributed by atoms with Crippen molar-refractivity contribution in [2.45, 2.75) is 104 Å². The van der Waals surface area contributed by atoms with Gasteiger partial charge in [-0.1, -0.05) is 39.0 Å². The lowest BCUT2D eigenvalue weighted by atomic mass is 9.90. The van der Waals surface area contributed by atoms with Crippen LogP contribution in [0.5, 0.6) is 0 Å². The molecule has 2 heteroatoms. The van der Waals surface area contributed by atoms with Gasteiger partial charge in [-0.2, -0.15) is 0 Å². The summed E-state index contributed by atoms with van der Waals surface area (Å²) in [6.07, 6.45) is 7.86. The van der Waals surface area contributed by atoms with E-state index in [2.05, 4.69) is 34.6 Å². The van der Waals surface area contributed by atoms with Crippen LogP contribution in [0.1, 0.15) is 86.5 Å². The molecule has 0 heterocycles. The van der Waals surface area contributed by atoms with Crippen molar-refractivity contribution in [1.29, 1.82) is 0 Å². The van der Waals surface area contributed by atoms with Gasteiger partial charge < -0.3 is 9.84 Å². The zero-order chi connectivity index (χ0) is 14.2. The zero-order valence-electron chi connectivity index (χ0n) is 13.4. The van der Waals surface area contributed by atoms with Crippen LogP contribution in [-0.4, -0.2) is 22.4 Å². The third kappa shape index (κ3) is 9.90. The zero-order valence-corrected chi connectivity index (χ0v) is 13.4. The molecule has 18 heavy (non-hydrogen) atoms. The van der Waals surface area contributed by atoms with E-state index in [1.807, 2.05) is 6.92 Å². The maximum absolute atomic E-state index is 9.65. The fraction of sp³-hybridized carbons (Fsp3) is 1.00. The van der Waals surface area contributed by atoms with E-state index in [4.69, 9.17) is 4.74 Å². The van der Waals surface area contributed by atoms with E-state index in [9.17, 15) is 5.11 Å². The Morgan fingerprint density at radius 2 is 1.56 bits per heavy atom. The molecule has 2 nitrogen and oxygen atoms in total. The number of rotatable bonds is 9.